The maximum absolute atomic E-state index is 14.3. The van der Waals surface area contributed by atoms with Gasteiger partial charge in [-0.15, -0.1) is 0 Å². The molecule has 0 saturated heterocycles. The average molecular weight is 298 g/mol. The highest BCUT2D eigenvalue weighted by atomic mass is 19.1. The van der Waals surface area contributed by atoms with Crippen LogP contribution in [0, 0.1) is 24.4 Å². The van der Waals surface area contributed by atoms with Crippen molar-refractivity contribution in [2.45, 2.75) is 6.92 Å². The van der Waals surface area contributed by atoms with E-state index in [1.165, 1.54) is 6.07 Å². The van der Waals surface area contributed by atoms with Crippen molar-refractivity contribution in [3.8, 4) is 22.3 Å². The van der Waals surface area contributed by atoms with Gasteiger partial charge < -0.3 is 0 Å². The molecule has 0 atom stereocenters. The van der Waals surface area contributed by atoms with Crippen LogP contribution in [-0.2, 0) is 0 Å². The number of hydrogen-bond donors (Lipinski definition) is 0. The summed E-state index contributed by atoms with van der Waals surface area (Å²) in [5.74, 6) is -1.96. The summed E-state index contributed by atoms with van der Waals surface area (Å²) in [6.07, 6.45) is 0. The first-order valence-corrected chi connectivity index (χ1v) is 6.86. The third kappa shape index (κ3) is 2.89. The van der Waals surface area contributed by atoms with Crippen molar-refractivity contribution >= 4 is 0 Å². The lowest BCUT2D eigenvalue weighted by atomic mass is 9.98. The van der Waals surface area contributed by atoms with Crippen molar-refractivity contribution in [3.05, 3.63) is 83.7 Å². The normalized spacial score (nSPS) is 10.7. The minimum atomic E-state index is -0.725. The van der Waals surface area contributed by atoms with E-state index in [0.717, 1.165) is 34.9 Å². The zero-order valence-corrected chi connectivity index (χ0v) is 11.9. The van der Waals surface area contributed by atoms with Crippen LogP contribution in [0.5, 0.6) is 0 Å². The number of aryl methyl sites for hydroxylation is 1. The molecule has 3 aromatic rings. The van der Waals surface area contributed by atoms with E-state index < -0.39 is 17.5 Å². The molecule has 3 heteroatoms. The van der Waals surface area contributed by atoms with Gasteiger partial charge in [-0.2, -0.15) is 0 Å². The second-order valence-corrected chi connectivity index (χ2v) is 5.22. The maximum Gasteiger partial charge on any atom is 0.131 e. The number of halogens is 3. The molecule has 0 N–H and O–H groups in total. The fraction of sp³-hybridized carbons (Fsp3) is 0.0526. The lowest BCUT2D eigenvalue weighted by Crippen LogP contribution is -1.89. The highest BCUT2D eigenvalue weighted by Gasteiger charge is 2.10. The van der Waals surface area contributed by atoms with Crippen molar-refractivity contribution < 1.29 is 13.2 Å². The summed E-state index contributed by atoms with van der Waals surface area (Å²) in [5.41, 5.74) is 3.06. The fourth-order valence-corrected chi connectivity index (χ4v) is 2.46. The number of hydrogen-bond acceptors (Lipinski definition) is 0. The molecule has 0 fully saturated rings. The van der Waals surface area contributed by atoms with Crippen LogP contribution in [0.15, 0.2) is 60.7 Å². The van der Waals surface area contributed by atoms with E-state index in [-0.39, 0.29) is 11.1 Å². The summed E-state index contributed by atoms with van der Waals surface area (Å²) < 4.78 is 40.9. The smallest absolute Gasteiger partial charge is 0.131 e. The Morgan fingerprint density at radius 2 is 1.32 bits per heavy atom. The molecule has 0 amide bonds. The fourth-order valence-electron chi connectivity index (χ4n) is 2.46. The van der Waals surface area contributed by atoms with Crippen LogP contribution in [0.3, 0.4) is 0 Å². The lowest BCUT2D eigenvalue weighted by molar-refractivity contribution is 0.583. The van der Waals surface area contributed by atoms with Gasteiger partial charge >= 0.3 is 0 Å². The minimum absolute atomic E-state index is 0.176. The Hall–Kier alpha value is -2.55. The molecule has 110 valence electrons. The predicted molar refractivity (Wildman–Crippen MR) is 81.9 cm³/mol. The Morgan fingerprint density at radius 1 is 0.636 bits per heavy atom. The maximum atomic E-state index is 14.3. The molecule has 0 aliphatic heterocycles. The van der Waals surface area contributed by atoms with Crippen LogP contribution in [0.25, 0.3) is 22.3 Å². The van der Waals surface area contributed by atoms with Crippen LogP contribution >= 0.6 is 0 Å². The molecule has 0 unspecified atom stereocenters. The van der Waals surface area contributed by atoms with Gasteiger partial charge in [-0.25, -0.2) is 13.2 Å². The summed E-state index contributed by atoms with van der Waals surface area (Å²) in [6, 6.07) is 15.4. The summed E-state index contributed by atoms with van der Waals surface area (Å²) in [7, 11) is 0. The topological polar surface area (TPSA) is 0 Å². The number of rotatable bonds is 2. The van der Waals surface area contributed by atoms with Gasteiger partial charge in [0.25, 0.3) is 0 Å². The van der Waals surface area contributed by atoms with E-state index in [0.29, 0.717) is 0 Å². The molecule has 0 bridgehead atoms. The van der Waals surface area contributed by atoms with E-state index in [9.17, 15) is 13.2 Å². The molecule has 0 aliphatic carbocycles. The Bertz CT molecular complexity index is 818. The van der Waals surface area contributed by atoms with E-state index in [1.807, 2.05) is 31.2 Å². The van der Waals surface area contributed by atoms with Crippen molar-refractivity contribution in [1.29, 1.82) is 0 Å². The second-order valence-electron chi connectivity index (χ2n) is 5.22. The highest BCUT2D eigenvalue weighted by molar-refractivity contribution is 5.71. The van der Waals surface area contributed by atoms with Gasteiger partial charge in [-0.05, 0) is 41.8 Å². The van der Waals surface area contributed by atoms with Gasteiger partial charge in [0, 0.05) is 11.6 Å². The summed E-state index contributed by atoms with van der Waals surface area (Å²) in [4.78, 5) is 0. The van der Waals surface area contributed by atoms with Gasteiger partial charge in [0.1, 0.15) is 17.5 Å². The molecular formula is C19H13F3. The van der Waals surface area contributed by atoms with Crippen LogP contribution in [0.4, 0.5) is 13.2 Å². The highest BCUT2D eigenvalue weighted by Crippen LogP contribution is 2.29. The molecule has 0 saturated carbocycles. The summed E-state index contributed by atoms with van der Waals surface area (Å²) in [5, 5.41) is 0. The van der Waals surface area contributed by atoms with E-state index in [2.05, 4.69) is 0 Å². The van der Waals surface area contributed by atoms with E-state index >= 15 is 0 Å². The summed E-state index contributed by atoms with van der Waals surface area (Å²) in [6.45, 7) is 1.96. The molecule has 0 spiro atoms. The first-order valence-electron chi connectivity index (χ1n) is 6.86. The van der Waals surface area contributed by atoms with Crippen LogP contribution < -0.4 is 0 Å². The molecular weight excluding hydrogens is 285 g/mol. The van der Waals surface area contributed by atoms with Crippen molar-refractivity contribution in [2.24, 2.45) is 0 Å². The molecule has 0 heterocycles. The standard InChI is InChI=1S/C19H13F3/c1-12-3-2-4-13(7-12)14-5-6-18(19(22)10-14)15-8-16(20)11-17(21)9-15/h2-11H,1H3. The van der Waals surface area contributed by atoms with Crippen LogP contribution in [0.2, 0.25) is 0 Å². The van der Waals surface area contributed by atoms with Crippen LogP contribution in [0.1, 0.15) is 5.56 Å². The van der Waals surface area contributed by atoms with Gasteiger partial charge in [-0.3, -0.25) is 0 Å². The minimum Gasteiger partial charge on any atom is -0.207 e. The predicted octanol–water partition coefficient (Wildman–Crippen LogP) is 5.75. The lowest BCUT2D eigenvalue weighted by Gasteiger charge is -2.08. The van der Waals surface area contributed by atoms with Crippen LogP contribution in [-0.4, -0.2) is 0 Å². The third-order valence-corrected chi connectivity index (χ3v) is 3.49. The molecule has 3 rings (SSSR count). The Labute approximate surface area is 126 Å². The van der Waals surface area contributed by atoms with Gasteiger partial charge in [-0.1, -0.05) is 42.0 Å². The number of benzene rings is 3. The Balaban J connectivity index is 2.06. The monoisotopic (exact) mass is 298 g/mol. The molecule has 0 radical (unpaired) electrons. The molecule has 22 heavy (non-hydrogen) atoms. The largest absolute Gasteiger partial charge is 0.207 e. The Morgan fingerprint density at radius 3 is 1.95 bits per heavy atom. The first kappa shape index (κ1) is 14.4. The third-order valence-electron chi connectivity index (χ3n) is 3.49. The van der Waals surface area contributed by atoms with Crippen molar-refractivity contribution in [1.82, 2.24) is 0 Å². The molecule has 3 aromatic carbocycles. The van der Waals surface area contributed by atoms with Gasteiger partial charge in [0.2, 0.25) is 0 Å². The zero-order chi connectivity index (χ0) is 15.7. The van der Waals surface area contributed by atoms with E-state index in [4.69, 9.17) is 0 Å². The molecule has 0 aromatic heterocycles. The second kappa shape index (κ2) is 5.68. The van der Waals surface area contributed by atoms with E-state index in [1.54, 1.807) is 12.1 Å². The first-order chi connectivity index (χ1) is 10.5. The SMILES string of the molecule is Cc1cccc(-c2ccc(-c3cc(F)cc(F)c3)c(F)c2)c1. The quantitative estimate of drug-likeness (QED) is 0.565. The van der Waals surface area contributed by atoms with Gasteiger partial charge in [0.05, 0.1) is 0 Å². The van der Waals surface area contributed by atoms with Crippen molar-refractivity contribution in [3.63, 3.8) is 0 Å². The molecule has 0 aliphatic rings. The van der Waals surface area contributed by atoms with Crippen molar-refractivity contribution in [2.75, 3.05) is 0 Å². The van der Waals surface area contributed by atoms with Gasteiger partial charge in [0.15, 0.2) is 0 Å². The zero-order valence-electron chi connectivity index (χ0n) is 11.9. The average Bonchev–Trinajstić information content (AvgIpc) is 2.46. The summed E-state index contributed by atoms with van der Waals surface area (Å²) >= 11 is 0. The molecule has 0 nitrogen and oxygen atoms in total. The Kier molecular flexibility index (Phi) is 3.72.